The molecule has 0 radical (unpaired) electrons. The van der Waals surface area contributed by atoms with E-state index < -0.39 is 35.0 Å². The number of nitro groups is 1. The van der Waals surface area contributed by atoms with Crippen molar-refractivity contribution in [2.45, 2.75) is 0 Å². The molecule has 158 valence electrons. The van der Waals surface area contributed by atoms with Crippen LogP contribution in [0.1, 0.15) is 10.4 Å². The van der Waals surface area contributed by atoms with E-state index in [1.54, 1.807) is 4.90 Å². The topological polar surface area (TPSA) is 111 Å². The summed E-state index contributed by atoms with van der Waals surface area (Å²) in [5, 5.41) is 13.7. The van der Waals surface area contributed by atoms with Crippen LogP contribution in [0.5, 0.6) is 0 Å². The van der Waals surface area contributed by atoms with Gasteiger partial charge in [0.05, 0.1) is 23.7 Å². The molecule has 0 aliphatic carbocycles. The summed E-state index contributed by atoms with van der Waals surface area (Å²) in [5.74, 6) is -3.93. The maximum atomic E-state index is 13.2. The quantitative estimate of drug-likeness (QED) is 0.433. The average molecular weight is 421 g/mol. The standard InChI is InChI=1S/C19H17F2N3O6/c20-14-3-2-13(10-15(14)21)22-18(25)11-30-19(26)12-1-4-16(17(9-12)24(27)28)23-5-7-29-8-6-23/h1-4,9-10H,5-8,11H2,(H,22,25). The molecule has 1 aliphatic rings. The van der Waals surface area contributed by atoms with E-state index in [1.807, 2.05) is 0 Å². The highest BCUT2D eigenvalue weighted by Gasteiger charge is 2.24. The van der Waals surface area contributed by atoms with Gasteiger partial charge in [-0.05, 0) is 24.3 Å². The minimum Gasteiger partial charge on any atom is -0.452 e. The summed E-state index contributed by atoms with van der Waals surface area (Å²) in [7, 11) is 0. The zero-order valence-electron chi connectivity index (χ0n) is 15.6. The number of carbonyl (C=O) groups excluding carboxylic acids is 2. The predicted molar refractivity (Wildman–Crippen MR) is 101 cm³/mol. The van der Waals surface area contributed by atoms with Gasteiger partial charge in [-0.1, -0.05) is 0 Å². The van der Waals surface area contributed by atoms with Crippen LogP contribution in [-0.4, -0.2) is 49.7 Å². The van der Waals surface area contributed by atoms with E-state index in [0.29, 0.717) is 32.0 Å². The van der Waals surface area contributed by atoms with E-state index in [0.717, 1.165) is 24.3 Å². The molecule has 0 aromatic heterocycles. The highest BCUT2D eigenvalue weighted by molar-refractivity contribution is 5.96. The molecule has 0 unspecified atom stereocenters. The van der Waals surface area contributed by atoms with Crippen molar-refractivity contribution in [2.75, 3.05) is 43.1 Å². The largest absolute Gasteiger partial charge is 0.452 e. The lowest BCUT2D eigenvalue weighted by Gasteiger charge is -2.28. The number of ether oxygens (including phenoxy) is 2. The van der Waals surface area contributed by atoms with Crippen LogP contribution in [0.4, 0.5) is 25.8 Å². The Balaban J connectivity index is 1.64. The number of nitrogens with one attached hydrogen (secondary N) is 1. The number of amides is 1. The Hall–Kier alpha value is -3.60. The Morgan fingerprint density at radius 3 is 2.53 bits per heavy atom. The predicted octanol–water partition coefficient (Wildman–Crippen LogP) is 2.51. The second-order valence-electron chi connectivity index (χ2n) is 6.31. The van der Waals surface area contributed by atoms with Crippen molar-refractivity contribution in [2.24, 2.45) is 0 Å². The number of morpholine rings is 1. The molecule has 0 bridgehead atoms. The monoisotopic (exact) mass is 421 g/mol. The fourth-order valence-corrected chi connectivity index (χ4v) is 2.85. The van der Waals surface area contributed by atoms with Crippen LogP contribution in [0.3, 0.4) is 0 Å². The van der Waals surface area contributed by atoms with Gasteiger partial charge < -0.3 is 19.7 Å². The van der Waals surface area contributed by atoms with Gasteiger partial charge in [-0.3, -0.25) is 14.9 Å². The second kappa shape index (κ2) is 9.27. The van der Waals surface area contributed by atoms with E-state index >= 15 is 0 Å². The SMILES string of the molecule is O=C(COC(=O)c1ccc(N2CCOCC2)c([N+](=O)[O-])c1)Nc1ccc(F)c(F)c1. The Labute approximate surface area is 169 Å². The minimum absolute atomic E-state index is 0.0135. The van der Waals surface area contributed by atoms with Crippen molar-refractivity contribution in [3.8, 4) is 0 Å². The van der Waals surface area contributed by atoms with E-state index in [4.69, 9.17) is 9.47 Å². The van der Waals surface area contributed by atoms with Crippen molar-refractivity contribution < 1.29 is 32.8 Å². The van der Waals surface area contributed by atoms with Gasteiger partial charge in [-0.25, -0.2) is 13.6 Å². The minimum atomic E-state index is -1.14. The summed E-state index contributed by atoms with van der Waals surface area (Å²) in [4.78, 5) is 36.7. The first kappa shape index (κ1) is 21.1. The van der Waals surface area contributed by atoms with Crippen molar-refractivity contribution in [3.05, 3.63) is 63.7 Å². The maximum absolute atomic E-state index is 13.2. The van der Waals surface area contributed by atoms with E-state index in [1.165, 1.54) is 12.1 Å². The van der Waals surface area contributed by atoms with Crippen molar-refractivity contribution >= 4 is 28.9 Å². The van der Waals surface area contributed by atoms with Gasteiger partial charge in [0.15, 0.2) is 18.2 Å². The molecule has 1 heterocycles. The van der Waals surface area contributed by atoms with Crippen LogP contribution < -0.4 is 10.2 Å². The molecule has 2 aromatic carbocycles. The summed E-state index contributed by atoms with van der Waals surface area (Å²) in [6.45, 7) is 1.13. The van der Waals surface area contributed by atoms with E-state index in [9.17, 15) is 28.5 Å². The first-order valence-electron chi connectivity index (χ1n) is 8.88. The van der Waals surface area contributed by atoms with Crippen molar-refractivity contribution in [1.82, 2.24) is 0 Å². The summed E-state index contributed by atoms with van der Waals surface area (Å²) >= 11 is 0. The molecule has 1 aliphatic heterocycles. The zero-order valence-corrected chi connectivity index (χ0v) is 15.6. The fraction of sp³-hybridized carbons (Fsp3) is 0.263. The van der Waals surface area contributed by atoms with Gasteiger partial charge in [0.25, 0.3) is 11.6 Å². The number of esters is 1. The Kier molecular flexibility index (Phi) is 6.52. The van der Waals surface area contributed by atoms with Crippen molar-refractivity contribution in [3.63, 3.8) is 0 Å². The molecule has 1 fully saturated rings. The molecule has 2 aromatic rings. The second-order valence-corrected chi connectivity index (χ2v) is 6.31. The number of nitrogens with zero attached hydrogens (tertiary/aromatic N) is 2. The third-order valence-electron chi connectivity index (χ3n) is 4.30. The van der Waals surface area contributed by atoms with Gasteiger partial charge in [0.2, 0.25) is 0 Å². The summed E-state index contributed by atoms with van der Waals surface area (Å²) in [6, 6.07) is 6.66. The van der Waals surface area contributed by atoms with Crippen LogP contribution in [0.15, 0.2) is 36.4 Å². The molecule has 0 saturated carbocycles. The normalized spacial score (nSPS) is 13.6. The number of halogens is 2. The molecule has 11 heteroatoms. The van der Waals surface area contributed by atoms with Crippen molar-refractivity contribution in [1.29, 1.82) is 0 Å². The molecule has 0 spiro atoms. The first-order chi connectivity index (χ1) is 14.3. The molecule has 9 nitrogen and oxygen atoms in total. The van der Waals surface area contributed by atoms with Gasteiger partial charge >= 0.3 is 5.97 Å². The number of hydrogen-bond acceptors (Lipinski definition) is 7. The number of anilines is 2. The summed E-state index contributed by atoms with van der Waals surface area (Å²) in [6.07, 6.45) is 0. The highest BCUT2D eigenvalue weighted by Crippen LogP contribution is 2.30. The van der Waals surface area contributed by atoms with Crippen LogP contribution >= 0.6 is 0 Å². The maximum Gasteiger partial charge on any atom is 0.338 e. The van der Waals surface area contributed by atoms with Gasteiger partial charge in [0, 0.05) is 30.9 Å². The van der Waals surface area contributed by atoms with E-state index in [2.05, 4.69) is 5.32 Å². The number of carbonyl (C=O) groups is 2. The average Bonchev–Trinajstić information content (AvgIpc) is 2.74. The molecule has 1 N–H and O–H groups in total. The lowest BCUT2D eigenvalue weighted by Crippen LogP contribution is -2.36. The third kappa shape index (κ3) is 5.06. The molecule has 30 heavy (non-hydrogen) atoms. The van der Waals surface area contributed by atoms with Gasteiger partial charge in [-0.15, -0.1) is 0 Å². The lowest BCUT2D eigenvalue weighted by molar-refractivity contribution is -0.384. The van der Waals surface area contributed by atoms with Crippen LogP contribution in [0, 0.1) is 21.7 Å². The smallest absolute Gasteiger partial charge is 0.338 e. The molecular formula is C19H17F2N3O6. The van der Waals surface area contributed by atoms with Gasteiger partial charge in [-0.2, -0.15) is 0 Å². The summed E-state index contributed by atoms with van der Waals surface area (Å²) < 4.78 is 36.1. The van der Waals surface area contributed by atoms with Crippen LogP contribution in [0.25, 0.3) is 0 Å². The van der Waals surface area contributed by atoms with E-state index in [-0.39, 0.29) is 16.9 Å². The Morgan fingerprint density at radius 1 is 1.13 bits per heavy atom. The Bertz CT molecular complexity index is 979. The number of hydrogen-bond donors (Lipinski definition) is 1. The third-order valence-corrected chi connectivity index (χ3v) is 4.30. The van der Waals surface area contributed by atoms with Crippen LogP contribution in [-0.2, 0) is 14.3 Å². The molecule has 0 atom stereocenters. The highest BCUT2D eigenvalue weighted by atomic mass is 19.2. The zero-order chi connectivity index (χ0) is 21.7. The lowest BCUT2D eigenvalue weighted by atomic mass is 10.1. The fourth-order valence-electron chi connectivity index (χ4n) is 2.85. The molecule has 3 rings (SSSR count). The number of rotatable bonds is 6. The van der Waals surface area contributed by atoms with Gasteiger partial charge in [0.1, 0.15) is 5.69 Å². The summed E-state index contributed by atoms with van der Waals surface area (Å²) in [5.41, 5.74) is -0.0201. The molecule has 1 saturated heterocycles. The first-order valence-corrected chi connectivity index (χ1v) is 8.88. The number of nitro benzene ring substituents is 1. The van der Waals surface area contributed by atoms with Crippen LogP contribution in [0.2, 0.25) is 0 Å². The molecule has 1 amide bonds. The molecular weight excluding hydrogens is 404 g/mol. The number of benzene rings is 2. The Morgan fingerprint density at radius 2 is 1.87 bits per heavy atom.